The lowest BCUT2D eigenvalue weighted by Crippen LogP contribution is -2.31. The first-order valence-electron chi connectivity index (χ1n) is 9.43. The van der Waals surface area contributed by atoms with Crippen LogP contribution in [0.2, 0.25) is 0 Å². The third-order valence-corrected chi connectivity index (χ3v) is 5.08. The van der Waals surface area contributed by atoms with E-state index in [1.54, 1.807) is 11.1 Å². The molecule has 3 rings (SSSR count). The van der Waals surface area contributed by atoms with Gasteiger partial charge in [-0.15, -0.1) is 0 Å². The number of rotatable bonds is 5. The minimum Gasteiger partial charge on any atom is -0.384 e. The zero-order valence-corrected chi connectivity index (χ0v) is 16.8. The molecule has 3 aromatic rings. The Hall–Kier alpha value is -3.21. The number of carbonyl (C=O) groups is 1. The van der Waals surface area contributed by atoms with Gasteiger partial charge >= 0.3 is 0 Å². The fourth-order valence-electron chi connectivity index (χ4n) is 3.73. The Kier molecular flexibility index (Phi) is 5.73. The number of amides is 1. The summed E-state index contributed by atoms with van der Waals surface area (Å²) in [7, 11) is 1.84. The van der Waals surface area contributed by atoms with Crippen molar-refractivity contribution in [2.24, 2.45) is 0 Å². The second-order valence-electron chi connectivity index (χ2n) is 7.03. The number of nitrogen functional groups attached to an aromatic ring is 1. The third-order valence-electron chi connectivity index (χ3n) is 5.08. The van der Waals surface area contributed by atoms with Gasteiger partial charge in [-0.3, -0.25) is 9.78 Å². The highest BCUT2D eigenvalue weighted by molar-refractivity contribution is 5.95. The van der Waals surface area contributed by atoms with Crippen molar-refractivity contribution in [1.82, 2.24) is 14.9 Å². The maximum atomic E-state index is 13.0. The molecule has 1 unspecified atom stereocenters. The summed E-state index contributed by atoms with van der Waals surface area (Å²) < 4.78 is 0. The highest BCUT2D eigenvalue weighted by Crippen LogP contribution is 2.29. The van der Waals surface area contributed by atoms with Crippen molar-refractivity contribution >= 4 is 11.7 Å². The van der Waals surface area contributed by atoms with Crippen LogP contribution in [0.25, 0.3) is 11.1 Å². The van der Waals surface area contributed by atoms with Crippen LogP contribution >= 0.6 is 0 Å². The molecule has 0 radical (unpaired) electrons. The highest BCUT2D eigenvalue weighted by Gasteiger charge is 2.21. The fourth-order valence-corrected chi connectivity index (χ4v) is 3.73. The normalized spacial score (nSPS) is 11.9. The highest BCUT2D eigenvalue weighted by atomic mass is 16.2. The van der Waals surface area contributed by atoms with Crippen molar-refractivity contribution in [2.75, 3.05) is 12.8 Å². The number of nitrogens with two attached hydrogens (primary N) is 1. The Balaban J connectivity index is 1.86. The predicted octanol–water partition coefficient (Wildman–Crippen LogP) is 4.57. The van der Waals surface area contributed by atoms with Crippen LogP contribution in [0, 0.1) is 13.8 Å². The number of hydrogen-bond donors (Lipinski definition) is 1. The number of pyridine rings is 2. The molecule has 0 aliphatic carbocycles. The summed E-state index contributed by atoms with van der Waals surface area (Å²) in [6.07, 6.45) is 4.38. The molecule has 2 aromatic heterocycles. The molecule has 5 nitrogen and oxygen atoms in total. The molecule has 2 N–H and O–H groups in total. The van der Waals surface area contributed by atoms with Crippen LogP contribution < -0.4 is 5.73 Å². The van der Waals surface area contributed by atoms with E-state index in [1.807, 2.05) is 69.6 Å². The van der Waals surface area contributed by atoms with Gasteiger partial charge in [0.05, 0.1) is 6.04 Å². The monoisotopic (exact) mass is 374 g/mol. The standard InChI is InChI=1S/C23H26N4O/c1-5-20(19-7-6-12-25-14-19)27(4)23(28)18-10-8-17(9-11-18)22-15(2)13-21(24)26-16(22)3/h6-14,20H,5H2,1-4H3,(H2,24,26). The van der Waals surface area contributed by atoms with Crippen LogP contribution in [0.3, 0.4) is 0 Å². The van der Waals surface area contributed by atoms with Gasteiger partial charge in [-0.25, -0.2) is 4.98 Å². The first-order valence-corrected chi connectivity index (χ1v) is 9.43. The van der Waals surface area contributed by atoms with Crippen LogP contribution in [0.15, 0.2) is 54.9 Å². The summed E-state index contributed by atoms with van der Waals surface area (Å²) in [4.78, 5) is 23.4. The largest absolute Gasteiger partial charge is 0.384 e. The lowest BCUT2D eigenvalue weighted by molar-refractivity contribution is 0.0726. The number of anilines is 1. The van der Waals surface area contributed by atoms with Gasteiger partial charge < -0.3 is 10.6 Å². The van der Waals surface area contributed by atoms with E-state index in [-0.39, 0.29) is 11.9 Å². The molecular formula is C23H26N4O. The van der Waals surface area contributed by atoms with Crippen molar-refractivity contribution < 1.29 is 4.79 Å². The molecule has 0 spiro atoms. The van der Waals surface area contributed by atoms with Crippen LogP contribution in [-0.2, 0) is 0 Å². The molecule has 5 heteroatoms. The lowest BCUT2D eigenvalue weighted by Gasteiger charge is -2.27. The van der Waals surface area contributed by atoms with E-state index in [2.05, 4.69) is 16.9 Å². The molecule has 1 amide bonds. The molecule has 28 heavy (non-hydrogen) atoms. The Morgan fingerprint density at radius 3 is 2.46 bits per heavy atom. The Morgan fingerprint density at radius 2 is 1.89 bits per heavy atom. The van der Waals surface area contributed by atoms with Crippen LogP contribution in [0.4, 0.5) is 5.82 Å². The zero-order chi connectivity index (χ0) is 20.3. The van der Waals surface area contributed by atoms with E-state index in [0.29, 0.717) is 11.4 Å². The second kappa shape index (κ2) is 8.21. The van der Waals surface area contributed by atoms with Crippen molar-refractivity contribution in [3.63, 3.8) is 0 Å². The number of aryl methyl sites for hydroxylation is 2. The van der Waals surface area contributed by atoms with Gasteiger partial charge in [0.15, 0.2) is 0 Å². The lowest BCUT2D eigenvalue weighted by atomic mass is 9.97. The van der Waals surface area contributed by atoms with E-state index in [4.69, 9.17) is 5.73 Å². The van der Waals surface area contributed by atoms with E-state index < -0.39 is 0 Å². The van der Waals surface area contributed by atoms with E-state index in [1.165, 1.54) is 0 Å². The summed E-state index contributed by atoms with van der Waals surface area (Å²) in [6, 6.07) is 13.5. The van der Waals surface area contributed by atoms with Gasteiger partial charge in [-0.05, 0) is 61.2 Å². The van der Waals surface area contributed by atoms with Gasteiger partial charge in [0, 0.05) is 36.3 Å². The fraction of sp³-hybridized carbons (Fsp3) is 0.261. The Morgan fingerprint density at radius 1 is 1.18 bits per heavy atom. The van der Waals surface area contributed by atoms with Crippen LogP contribution in [-0.4, -0.2) is 27.8 Å². The maximum absolute atomic E-state index is 13.0. The van der Waals surface area contributed by atoms with Gasteiger partial charge in [0.1, 0.15) is 5.82 Å². The Bertz CT molecular complexity index is 945. The van der Waals surface area contributed by atoms with Gasteiger partial charge in [0.2, 0.25) is 0 Å². The van der Waals surface area contributed by atoms with Crippen molar-refractivity contribution in [3.05, 3.63) is 77.2 Å². The summed E-state index contributed by atoms with van der Waals surface area (Å²) in [5, 5.41) is 0. The predicted molar refractivity (Wildman–Crippen MR) is 113 cm³/mol. The number of nitrogens with zero attached hydrogens (tertiary/aromatic N) is 3. The van der Waals surface area contributed by atoms with Gasteiger partial charge in [0.25, 0.3) is 5.91 Å². The van der Waals surface area contributed by atoms with Crippen molar-refractivity contribution in [1.29, 1.82) is 0 Å². The molecule has 0 saturated heterocycles. The smallest absolute Gasteiger partial charge is 0.254 e. The van der Waals surface area contributed by atoms with Gasteiger partial charge in [-0.1, -0.05) is 25.1 Å². The summed E-state index contributed by atoms with van der Waals surface area (Å²) in [5.41, 5.74) is 11.6. The molecule has 1 aromatic carbocycles. The average molecular weight is 374 g/mol. The van der Waals surface area contributed by atoms with E-state index in [9.17, 15) is 4.79 Å². The van der Waals surface area contributed by atoms with Crippen molar-refractivity contribution in [3.8, 4) is 11.1 Å². The number of benzene rings is 1. The molecule has 0 saturated carbocycles. The molecule has 0 aliphatic heterocycles. The second-order valence-corrected chi connectivity index (χ2v) is 7.03. The Labute approximate surface area is 166 Å². The third kappa shape index (κ3) is 3.88. The summed E-state index contributed by atoms with van der Waals surface area (Å²) >= 11 is 0. The molecular weight excluding hydrogens is 348 g/mol. The number of aromatic nitrogens is 2. The molecule has 0 aliphatic rings. The minimum atomic E-state index is -0.00821. The van der Waals surface area contributed by atoms with Crippen LogP contribution in [0.1, 0.15) is 46.6 Å². The van der Waals surface area contributed by atoms with E-state index >= 15 is 0 Å². The first kappa shape index (κ1) is 19.5. The molecule has 0 fully saturated rings. The van der Waals surface area contributed by atoms with Crippen LogP contribution in [0.5, 0.6) is 0 Å². The molecule has 1 atom stereocenters. The number of hydrogen-bond acceptors (Lipinski definition) is 4. The van der Waals surface area contributed by atoms with Gasteiger partial charge in [-0.2, -0.15) is 0 Å². The summed E-state index contributed by atoms with van der Waals surface area (Å²) in [6.45, 7) is 6.04. The first-order chi connectivity index (χ1) is 13.4. The SMILES string of the molecule is CCC(c1cccnc1)N(C)C(=O)c1ccc(-c2c(C)cc(N)nc2C)cc1. The molecule has 2 heterocycles. The minimum absolute atomic E-state index is 0.00772. The topological polar surface area (TPSA) is 72.1 Å². The quantitative estimate of drug-likeness (QED) is 0.710. The zero-order valence-electron chi connectivity index (χ0n) is 16.8. The molecule has 0 bridgehead atoms. The maximum Gasteiger partial charge on any atom is 0.254 e. The van der Waals surface area contributed by atoms with E-state index in [0.717, 1.165) is 34.4 Å². The van der Waals surface area contributed by atoms with Crippen molar-refractivity contribution in [2.45, 2.75) is 33.2 Å². The molecule has 144 valence electrons. The summed E-state index contributed by atoms with van der Waals surface area (Å²) in [5.74, 6) is 0.513. The number of carbonyl (C=O) groups excluding carboxylic acids is 1. The average Bonchev–Trinajstić information content (AvgIpc) is 2.68.